The first-order chi connectivity index (χ1) is 15.0. The number of carbonyl (C=O) groups excluding carboxylic acids is 1. The molecule has 162 valence electrons. The zero-order valence-electron chi connectivity index (χ0n) is 18.7. The summed E-state index contributed by atoms with van der Waals surface area (Å²) in [6.07, 6.45) is 2.85. The van der Waals surface area contributed by atoms with Crippen LogP contribution in [0, 0.1) is 17.2 Å². The minimum atomic E-state index is -0.411. The Balaban J connectivity index is 1.92. The van der Waals surface area contributed by atoms with Gasteiger partial charge in [-0.15, -0.1) is 0 Å². The van der Waals surface area contributed by atoms with Gasteiger partial charge in [0.2, 0.25) is 0 Å². The fourth-order valence-corrected chi connectivity index (χ4v) is 4.56. The zero-order valence-corrected chi connectivity index (χ0v) is 18.7. The Morgan fingerprint density at radius 1 is 1.06 bits per heavy atom. The summed E-state index contributed by atoms with van der Waals surface area (Å²) in [4.78, 5) is 14.5. The second-order valence-corrected chi connectivity index (χ2v) is 7.91. The predicted molar refractivity (Wildman–Crippen MR) is 122 cm³/mol. The first-order valence-electron chi connectivity index (χ1n) is 10.7. The Kier molecular flexibility index (Phi) is 7.49. The maximum absolute atomic E-state index is 12.2. The lowest BCUT2D eigenvalue weighted by Crippen LogP contribution is -2.50. The molecule has 0 aliphatic carbocycles. The molecule has 0 saturated heterocycles. The van der Waals surface area contributed by atoms with E-state index >= 15 is 0 Å². The average Bonchev–Trinajstić information content (AvgIpc) is 2.81. The lowest BCUT2D eigenvalue weighted by atomic mass is 9.78. The third-order valence-corrected chi connectivity index (χ3v) is 6.26. The summed E-state index contributed by atoms with van der Waals surface area (Å²) in [5.74, 6) is 0.790. The van der Waals surface area contributed by atoms with Gasteiger partial charge in [0, 0.05) is 17.7 Å². The van der Waals surface area contributed by atoms with E-state index in [0.717, 1.165) is 36.8 Å². The molecule has 1 aliphatic rings. The number of benzene rings is 2. The van der Waals surface area contributed by atoms with Crippen LogP contribution in [0.25, 0.3) is 5.57 Å². The van der Waals surface area contributed by atoms with E-state index in [-0.39, 0.29) is 12.1 Å². The van der Waals surface area contributed by atoms with Crippen LogP contribution >= 0.6 is 0 Å². The van der Waals surface area contributed by atoms with Gasteiger partial charge in [0.25, 0.3) is 0 Å². The summed E-state index contributed by atoms with van der Waals surface area (Å²) in [5.41, 5.74) is 3.58. The molecule has 0 bridgehead atoms. The highest BCUT2D eigenvalue weighted by molar-refractivity contribution is 5.92. The van der Waals surface area contributed by atoms with Crippen LogP contribution < -0.4 is 9.47 Å². The van der Waals surface area contributed by atoms with Gasteiger partial charge < -0.3 is 9.47 Å². The van der Waals surface area contributed by atoms with E-state index in [0.29, 0.717) is 17.1 Å². The molecule has 0 radical (unpaired) electrons. The molecule has 0 N–H and O–H groups in total. The van der Waals surface area contributed by atoms with Gasteiger partial charge in [0.05, 0.1) is 26.2 Å². The number of ether oxygens (including phenoxy) is 2. The summed E-state index contributed by atoms with van der Waals surface area (Å²) in [6, 6.07) is 18.3. The van der Waals surface area contributed by atoms with Crippen LogP contribution in [0.15, 0.2) is 54.1 Å². The Morgan fingerprint density at radius 3 is 2.39 bits per heavy atom. The first-order valence-corrected chi connectivity index (χ1v) is 10.7. The lowest BCUT2D eigenvalue weighted by molar-refractivity contribution is -0.105. The van der Waals surface area contributed by atoms with Crippen molar-refractivity contribution in [1.29, 1.82) is 5.26 Å². The number of aryl methyl sites for hydroxylation is 1. The second-order valence-electron chi connectivity index (χ2n) is 7.91. The Hall–Kier alpha value is -3.10. The van der Waals surface area contributed by atoms with Crippen molar-refractivity contribution < 1.29 is 14.3 Å². The molecule has 3 unspecified atom stereocenters. The molecular formula is C26H30N2O3. The highest BCUT2D eigenvalue weighted by Crippen LogP contribution is 2.41. The van der Waals surface area contributed by atoms with Crippen molar-refractivity contribution in [3.63, 3.8) is 0 Å². The lowest BCUT2D eigenvalue weighted by Gasteiger charge is -2.43. The standard InChI is InChI=1S/C26H30N2O3/c1-18-22(16-27)26(21-12-13-24(30-3)25(15-21)31-4)23(17-29)19(2)28(18)14-8-11-20-9-6-5-7-10-20/h5-7,9-10,12-13,15,17-19,22H,8,11,14H2,1-4H3. The molecule has 5 nitrogen and oxygen atoms in total. The van der Waals surface area contributed by atoms with Gasteiger partial charge in [-0.25, -0.2) is 0 Å². The van der Waals surface area contributed by atoms with Crippen molar-refractivity contribution in [3.8, 4) is 17.6 Å². The van der Waals surface area contributed by atoms with E-state index < -0.39 is 5.92 Å². The molecule has 0 saturated carbocycles. The van der Waals surface area contributed by atoms with Gasteiger partial charge in [-0.1, -0.05) is 36.4 Å². The topological polar surface area (TPSA) is 62.6 Å². The Bertz CT molecular complexity index is 978. The highest BCUT2D eigenvalue weighted by atomic mass is 16.5. The van der Waals surface area contributed by atoms with Gasteiger partial charge in [-0.2, -0.15) is 5.26 Å². The number of rotatable bonds is 8. The van der Waals surface area contributed by atoms with Crippen LogP contribution in [0.4, 0.5) is 0 Å². The zero-order chi connectivity index (χ0) is 22.4. The molecule has 0 amide bonds. The number of carbonyl (C=O) groups is 1. The smallest absolute Gasteiger partial charge is 0.161 e. The summed E-state index contributed by atoms with van der Waals surface area (Å²) < 4.78 is 10.8. The summed E-state index contributed by atoms with van der Waals surface area (Å²) in [7, 11) is 3.17. The third kappa shape index (κ3) is 4.65. The van der Waals surface area contributed by atoms with E-state index in [4.69, 9.17) is 9.47 Å². The third-order valence-electron chi connectivity index (χ3n) is 6.26. The average molecular weight is 419 g/mol. The number of hydrogen-bond donors (Lipinski definition) is 0. The van der Waals surface area contributed by atoms with Crippen molar-refractivity contribution in [2.75, 3.05) is 20.8 Å². The fraction of sp³-hybridized carbons (Fsp3) is 0.385. The van der Waals surface area contributed by atoms with Crippen LogP contribution in [0.5, 0.6) is 11.5 Å². The van der Waals surface area contributed by atoms with Crippen molar-refractivity contribution >= 4 is 11.9 Å². The van der Waals surface area contributed by atoms with E-state index in [9.17, 15) is 10.1 Å². The van der Waals surface area contributed by atoms with Crippen LogP contribution in [0.2, 0.25) is 0 Å². The number of methoxy groups -OCH3 is 2. The quantitative estimate of drug-likeness (QED) is 0.590. The minimum Gasteiger partial charge on any atom is -0.493 e. The maximum Gasteiger partial charge on any atom is 0.161 e. The molecule has 1 aliphatic heterocycles. The first kappa shape index (κ1) is 22.6. The molecule has 0 aromatic heterocycles. The van der Waals surface area contributed by atoms with Crippen LogP contribution in [0.1, 0.15) is 31.4 Å². The highest BCUT2D eigenvalue weighted by Gasteiger charge is 2.39. The van der Waals surface area contributed by atoms with E-state index in [2.05, 4.69) is 49.1 Å². The molecule has 1 heterocycles. The monoisotopic (exact) mass is 418 g/mol. The van der Waals surface area contributed by atoms with Gasteiger partial charge in [0.15, 0.2) is 11.5 Å². The van der Waals surface area contributed by atoms with Crippen molar-refractivity contribution in [2.24, 2.45) is 5.92 Å². The van der Waals surface area contributed by atoms with Crippen molar-refractivity contribution in [2.45, 2.75) is 38.8 Å². The molecule has 0 spiro atoms. The molecule has 3 rings (SSSR count). The number of hydrogen-bond acceptors (Lipinski definition) is 5. The van der Waals surface area contributed by atoms with Crippen LogP contribution in [0.3, 0.4) is 0 Å². The molecule has 31 heavy (non-hydrogen) atoms. The Labute approximate surface area is 184 Å². The molecule has 0 fully saturated rings. The van der Waals surface area contributed by atoms with Crippen molar-refractivity contribution in [1.82, 2.24) is 4.90 Å². The maximum atomic E-state index is 12.2. The van der Waals surface area contributed by atoms with Gasteiger partial charge in [-0.3, -0.25) is 9.69 Å². The molecule has 2 aromatic rings. The summed E-state index contributed by atoms with van der Waals surface area (Å²) in [5, 5.41) is 10.1. The largest absolute Gasteiger partial charge is 0.493 e. The van der Waals surface area contributed by atoms with Gasteiger partial charge >= 0.3 is 0 Å². The SMILES string of the molecule is COc1ccc(C2=C(C=O)C(C)N(CCCc3ccccc3)C(C)C2C#N)cc1OC. The van der Waals surface area contributed by atoms with E-state index in [1.54, 1.807) is 14.2 Å². The molecular weight excluding hydrogens is 388 g/mol. The normalized spacial score (nSPS) is 21.5. The van der Waals surface area contributed by atoms with Crippen LogP contribution in [-0.4, -0.2) is 44.0 Å². The minimum absolute atomic E-state index is 0.0115. The van der Waals surface area contributed by atoms with Crippen molar-refractivity contribution in [3.05, 3.63) is 65.2 Å². The molecule has 3 atom stereocenters. The molecule has 5 heteroatoms. The second kappa shape index (κ2) is 10.3. The molecule has 2 aromatic carbocycles. The van der Waals surface area contributed by atoms with E-state index in [1.807, 2.05) is 24.3 Å². The van der Waals surface area contributed by atoms with Gasteiger partial charge in [0.1, 0.15) is 6.29 Å². The van der Waals surface area contributed by atoms with E-state index in [1.165, 1.54) is 5.56 Å². The predicted octanol–water partition coefficient (Wildman–Crippen LogP) is 4.52. The number of nitriles is 1. The fourth-order valence-electron chi connectivity index (χ4n) is 4.56. The summed E-state index contributed by atoms with van der Waals surface area (Å²) >= 11 is 0. The summed E-state index contributed by atoms with van der Waals surface area (Å²) in [6.45, 7) is 4.96. The number of aldehydes is 1. The number of nitrogens with zero attached hydrogens (tertiary/aromatic N) is 2. The van der Waals surface area contributed by atoms with Crippen LogP contribution in [-0.2, 0) is 11.2 Å². The van der Waals surface area contributed by atoms with Gasteiger partial charge in [-0.05, 0) is 62.1 Å². The Morgan fingerprint density at radius 2 is 1.77 bits per heavy atom.